The van der Waals surface area contributed by atoms with Crippen LogP contribution in [0.15, 0.2) is 66.9 Å². The summed E-state index contributed by atoms with van der Waals surface area (Å²) in [7, 11) is -4.94. The summed E-state index contributed by atoms with van der Waals surface area (Å²) >= 11 is 1.72. The number of aromatic nitrogens is 2. The van der Waals surface area contributed by atoms with Gasteiger partial charge in [-0.05, 0) is 28.5 Å². The lowest BCUT2D eigenvalue weighted by molar-refractivity contribution is -2.00. The highest BCUT2D eigenvalue weighted by molar-refractivity contribution is 7.22. The fraction of sp³-hybridized carbons (Fsp3) is 0. The van der Waals surface area contributed by atoms with Crippen molar-refractivity contribution in [2.45, 2.75) is 0 Å². The minimum absolute atomic E-state index is 1.02. The van der Waals surface area contributed by atoms with Crippen molar-refractivity contribution in [2.75, 3.05) is 0 Å². The Bertz CT molecular complexity index is 964. The number of hydrogen-bond donors (Lipinski definition) is 0. The molecule has 0 spiro atoms. The van der Waals surface area contributed by atoms with Gasteiger partial charge in [0, 0.05) is 11.6 Å². The molecule has 0 aliphatic rings. The van der Waals surface area contributed by atoms with Crippen LogP contribution < -0.4 is 23.0 Å². The molecule has 4 rings (SSSR count). The summed E-state index contributed by atoms with van der Waals surface area (Å²) in [4.78, 5) is 5.79. The fourth-order valence-electron chi connectivity index (χ4n) is 2.27. The van der Waals surface area contributed by atoms with Crippen molar-refractivity contribution < 1.29 is 33.3 Å². The minimum atomic E-state index is -4.94. The van der Waals surface area contributed by atoms with Gasteiger partial charge in [-0.1, -0.05) is 42.5 Å². The molecular weight excluding hydrogens is 352 g/mol. The van der Waals surface area contributed by atoms with E-state index in [1.165, 1.54) is 10.2 Å². The van der Waals surface area contributed by atoms with Crippen LogP contribution in [0.2, 0.25) is 0 Å². The Morgan fingerprint density at radius 2 is 1.46 bits per heavy atom. The predicted molar refractivity (Wildman–Crippen MR) is 78.2 cm³/mol. The highest BCUT2D eigenvalue weighted by Crippen LogP contribution is 2.22. The average Bonchev–Trinajstić information content (AvgIpc) is 2.92. The third kappa shape index (κ3) is 4.04. The van der Waals surface area contributed by atoms with E-state index in [2.05, 4.69) is 53.1 Å². The van der Waals surface area contributed by atoms with Crippen molar-refractivity contribution in [2.24, 2.45) is 0 Å². The van der Waals surface area contributed by atoms with Crippen molar-refractivity contribution in [3.63, 3.8) is 0 Å². The molecule has 0 radical (unpaired) electrons. The van der Waals surface area contributed by atoms with Gasteiger partial charge < -0.3 is 0 Å². The smallest absolute Gasteiger partial charge is 0.222 e. The number of hydrogen-bond acceptors (Lipinski definition) is 6. The van der Waals surface area contributed by atoms with Gasteiger partial charge in [0.25, 0.3) is 0 Å². The number of halogens is 1. The van der Waals surface area contributed by atoms with Crippen LogP contribution in [-0.2, 0) is 0 Å². The molecule has 24 heavy (non-hydrogen) atoms. The molecule has 0 saturated carbocycles. The monoisotopic (exact) mass is 362 g/mol. The molecule has 4 aromatic rings. The van der Waals surface area contributed by atoms with Crippen molar-refractivity contribution in [1.82, 2.24) is 4.98 Å². The van der Waals surface area contributed by atoms with Gasteiger partial charge in [0.15, 0.2) is 11.2 Å². The number of fused-ring (bicyclic) bond motifs is 3. The number of nitrogens with zero attached hydrogens (tertiary/aromatic N) is 2. The van der Waals surface area contributed by atoms with E-state index in [9.17, 15) is 0 Å². The topological polar surface area (TPSA) is 109 Å². The van der Waals surface area contributed by atoms with E-state index in [1.54, 1.807) is 11.3 Å². The van der Waals surface area contributed by atoms with Gasteiger partial charge in [-0.2, -0.15) is 4.40 Å². The molecule has 2 heterocycles. The minimum Gasteiger partial charge on any atom is -0.222 e. The number of para-hydroxylation sites is 1. The van der Waals surface area contributed by atoms with Gasteiger partial charge in [-0.25, -0.2) is 18.6 Å². The van der Waals surface area contributed by atoms with Crippen LogP contribution >= 0.6 is 11.3 Å². The lowest BCUT2D eigenvalue weighted by Crippen LogP contribution is -2.68. The normalized spacial score (nSPS) is 11.3. The highest BCUT2D eigenvalue weighted by Gasteiger charge is 2.15. The summed E-state index contributed by atoms with van der Waals surface area (Å²) in [5, 5.41) is 0. The van der Waals surface area contributed by atoms with Gasteiger partial charge in [-0.3, -0.25) is 0 Å². The maximum atomic E-state index is 8.49. The van der Waals surface area contributed by atoms with E-state index in [1.807, 2.05) is 18.2 Å². The van der Waals surface area contributed by atoms with Gasteiger partial charge in [-0.15, -0.1) is 10.2 Å². The van der Waals surface area contributed by atoms with Crippen LogP contribution in [0.3, 0.4) is 0 Å². The second-order valence-corrected chi connectivity index (χ2v) is 6.54. The summed E-state index contributed by atoms with van der Waals surface area (Å²) in [6.07, 6.45) is 2.10. The summed E-state index contributed by atoms with van der Waals surface area (Å²) in [5.41, 5.74) is 3.39. The zero-order chi connectivity index (χ0) is 17.2. The zero-order valence-corrected chi connectivity index (χ0v) is 13.7. The van der Waals surface area contributed by atoms with Crippen LogP contribution in [-0.4, -0.2) is 4.98 Å². The Morgan fingerprint density at radius 3 is 2.17 bits per heavy atom. The van der Waals surface area contributed by atoms with Crippen molar-refractivity contribution >= 4 is 26.5 Å². The second kappa shape index (κ2) is 6.78. The Morgan fingerprint density at radius 1 is 0.833 bits per heavy atom. The molecule has 122 valence electrons. The summed E-state index contributed by atoms with van der Waals surface area (Å²) in [6.45, 7) is 0. The van der Waals surface area contributed by atoms with Crippen LogP contribution in [0.25, 0.3) is 26.4 Å². The third-order valence-electron chi connectivity index (χ3n) is 3.20. The summed E-state index contributed by atoms with van der Waals surface area (Å²) < 4.78 is 37.4. The van der Waals surface area contributed by atoms with Crippen molar-refractivity contribution in [3.8, 4) is 11.3 Å². The van der Waals surface area contributed by atoms with E-state index in [-0.39, 0.29) is 0 Å². The maximum Gasteiger partial charge on any atom is 0.388 e. The van der Waals surface area contributed by atoms with E-state index in [4.69, 9.17) is 23.6 Å². The van der Waals surface area contributed by atoms with Crippen molar-refractivity contribution in [3.05, 3.63) is 66.9 Å². The summed E-state index contributed by atoms with van der Waals surface area (Å²) in [5.74, 6) is 0. The molecule has 2 aromatic carbocycles. The first kappa shape index (κ1) is 16.7. The van der Waals surface area contributed by atoms with Crippen molar-refractivity contribution in [1.29, 1.82) is 0 Å². The number of thiazole rings is 1. The maximum absolute atomic E-state index is 8.49. The lowest BCUT2D eigenvalue weighted by atomic mass is 10.1. The van der Waals surface area contributed by atoms with E-state index < -0.39 is 10.2 Å². The van der Waals surface area contributed by atoms with Gasteiger partial charge >= 0.3 is 4.96 Å². The molecule has 0 aliphatic carbocycles. The summed E-state index contributed by atoms with van der Waals surface area (Å²) in [6, 6.07) is 20.7. The SMILES string of the molecule is [O-][Cl+3]([O-])([O-])[O-].c1ccc(-c2cc[n+]3c(n2)sc2ccccc23)cc1. The molecule has 0 N–H and O–H groups in total. The van der Waals surface area contributed by atoms with E-state index in [0.29, 0.717) is 0 Å². The Balaban J connectivity index is 0.000000300. The fourth-order valence-corrected chi connectivity index (χ4v) is 3.28. The zero-order valence-electron chi connectivity index (χ0n) is 12.2. The molecule has 2 aromatic heterocycles. The molecule has 0 aliphatic heterocycles. The molecular formula is C16H11ClN2O4S. The quantitative estimate of drug-likeness (QED) is 0.401. The molecule has 0 unspecified atom stereocenters. The van der Waals surface area contributed by atoms with Gasteiger partial charge in [0.2, 0.25) is 0 Å². The molecule has 0 atom stereocenters. The van der Waals surface area contributed by atoms with Gasteiger partial charge in [0.05, 0.1) is 4.70 Å². The molecule has 0 fully saturated rings. The standard InChI is InChI=1S/C16H11N2S.ClHO4/c1-2-6-12(7-3-1)13-10-11-18-14-8-4-5-9-15(14)19-16(18)17-13;2-1(3,4)5/h1-11H;(H,2,3,4,5)/q+1;/p-1. The molecule has 6 nitrogen and oxygen atoms in total. The van der Waals surface area contributed by atoms with E-state index in [0.717, 1.165) is 16.2 Å². The van der Waals surface area contributed by atoms with Crippen LogP contribution in [0.5, 0.6) is 0 Å². The van der Waals surface area contributed by atoms with Crippen LogP contribution in [0.4, 0.5) is 0 Å². The van der Waals surface area contributed by atoms with Gasteiger partial charge in [0.1, 0.15) is 6.20 Å². The first-order valence-corrected chi connectivity index (χ1v) is 8.84. The average molecular weight is 363 g/mol. The van der Waals surface area contributed by atoms with Crippen LogP contribution in [0, 0.1) is 10.2 Å². The molecule has 8 heteroatoms. The first-order valence-electron chi connectivity index (χ1n) is 6.79. The Labute approximate surface area is 143 Å². The molecule has 0 amide bonds. The highest BCUT2D eigenvalue weighted by atomic mass is 35.7. The lowest BCUT2D eigenvalue weighted by Gasteiger charge is -2.17. The molecule has 0 bridgehead atoms. The van der Waals surface area contributed by atoms with Crippen LogP contribution in [0.1, 0.15) is 0 Å². The predicted octanol–water partition coefficient (Wildman–Crippen LogP) is -1.05. The number of rotatable bonds is 1. The number of benzene rings is 2. The largest absolute Gasteiger partial charge is 0.388 e. The Hall–Kier alpha value is -2.13. The van der Waals surface area contributed by atoms with E-state index >= 15 is 0 Å². The first-order chi connectivity index (χ1) is 11.4. The Kier molecular flexibility index (Phi) is 4.72. The second-order valence-electron chi connectivity index (χ2n) is 4.78. The molecule has 0 saturated heterocycles. The third-order valence-corrected chi connectivity index (χ3v) is 4.23.